The Labute approximate surface area is 98.1 Å². The Bertz CT molecular complexity index is 315. The quantitative estimate of drug-likeness (QED) is 0.754. The smallest absolute Gasteiger partial charge is 0.126 e. The highest BCUT2D eigenvalue weighted by atomic mass is 19.1. The molecular formula is C14H22FN. The van der Waals surface area contributed by atoms with Crippen LogP contribution in [-0.2, 0) is 6.42 Å². The summed E-state index contributed by atoms with van der Waals surface area (Å²) in [5.74, 6) is -0.0971. The molecule has 1 aromatic rings. The number of halogens is 1. The van der Waals surface area contributed by atoms with E-state index in [4.69, 9.17) is 0 Å². The Kier molecular flexibility index (Phi) is 4.94. The maximum absolute atomic E-state index is 13.3. The molecule has 1 nitrogen and oxygen atoms in total. The van der Waals surface area contributed by atoms with Gasteiger partial charge in [-0.15, -0.1) is 0 Å². The monoisotopic (exact) mass is 223 g/mol. The van der Waals surface area contributed by atoms with Crippen LogP contribution in [0.2, 0.25) is 0 Å². The molecule has 0 radical (unpaired) electrons. The highest BCUT2D eigenvalue weighted by Crippen LogP contribution is 2.16. The molecule has 0 heterocycles. The fraction of sp³-hybridized carbons (Fsp3) is 0.571. The van der Waals surface area contributed by atoms with Crippen LogP contribution in [0, 0.1) is 11.2 Å². The molecule has 0 bridgehead atoms. The molecule has 16 heavy (non-hydrogen) atoms. The van der Waals surface area contributed by atoms with Gasteiger partial charge in [0.1, 0.15) is 5.82 Å². The fourth-order valence-corrected chi connectivity index (χ4v) is 1.51. The molecule has 90 valence electrons. The molecule has 1 aromatic carbocycles. The zero-order valence-corrected chi connectivity index (χ0v) is 10.5. The van der Waals surface area contributed by atoms with Crippen molar-refractivity contribution < 1.29 is 4.39 Å². The summed E-state index contributed by atoms with van der Waals surface area (Å²) in [5.41, 5.74) is 1.16. The van der Waals surface area contributed by atoms with Crippen LogP contribution in [0.5, 0.6) is 0 Å². The largest absolute Gasteiger partial charge is 0.316 e. The first-order valence-corrected chi connectivity index (χ1v) is 5.93. The highest BCUT2D eigenvalue weighted by Gasteiger charge is 2.08. The molecule has 0 atom stereocenters. The summed E-state index contributed by atoms with van der Waals surface area (Å²) in [7, 11) is 0. The minimum absolute atomic E-state index is 0.0971. The fourth-order valence-electron chi connectivity index (χ4n) is 1.51. The first-order chi connectivity index (χ1) is 7.49. The van der Waals surface area contributed by atoms with Crippen LogP contribution in [-0.4, -0.2) is 13.1 Å². The van der Waals surface area contributed by atoms with Crippen molar-refractivity contribution in [2.75, 3.05) is 13.1 Å². The van der Waals surface area contributed by atoms with E-state index < -0.39 is 0 Å². The van der Waals surface area contributed by atoms with Gasteiger partial charge in [0.2, 0.25) is 0 Å². The Hall–Kier alpha value is -0.890. The molecule has 0 saturated carbocycles. The summed E-state index contributed by atoms with van der Waals surface area (Å²) >= 11 is 0. The Balaban J connectivity index is 2.19. The average molecular weight is 223 g/mol. The van der Waals surface area contributed by atoms with Crippen molar-refractivity contribution in [3.8, 4) is 0 Å². The van der Waals surface area contributed by atoms with Crippen LogP contribution in [0.4, 0.5) is 4.39 Å². The van der Waals surface area contributed by atoms with Crippen molar-refractivity contribution in [3.63, 3.8) is 0 Å². The van der Waals surface area contributed by atoms with E-state index in [1.807, 2.05) is 12.1 Å². The Morgan fingerprint density at radius 3 is 2.44 bits per heavy atom. The molecule has 0 aliphatic rings. The summed E-state index contributed by atoms with van der Waals surface area (Å²) in [6.45, 7) is 8.53. The highest BCUT2D eigenvalue weighted by molar-refractivity contribution is 5.17. The van der Waals surface area contributed by atoms with Gasteiger partial charge in [0.25, 0.3) is 0 Å². The summed E-state index contributed by atoms with van der Waals surface area (Å²) in [4.78, 5) is 0. The van der Waals surface area contributed by atoms with E-state index in [0.29, 0.717) is 5.41 Å². The van der Waals surface area contributed by atoms with Crippen LogP contribution >= 0.6 is 0 Å². The molecule has 0 unspecified atom stereocenters. The lowest BCUT2D eigenvalue weighted by molar-refractivity contribution is 0.367. The zero-order chi connectivity index (χ0) is 12.0. The van der Waals surface area contributed by atoms with Gasteiger partial charge in [0.15, 0.2) is 0 Å². The normalized spacial score (nSPS) is 11.8. The lowest BCUT2D eigenvalue weighted by Gasteiger charge is -2.18. The summed E-state index contributed by atoms with van der Waals surface area (Å²) in [6.07, 6.45) is 1.90. The zero-order valence-electron chi connectivity index (χ0n) is 10.5. The molecule has 0 fully saturated rings. The number of hydrogen-bond acceptors (Lipinski definition) is 1. The second kappa shape index (κ2) is 6.00. The molecule has 1 N–H and O–H groups in total. The summed E-state index contributed by atoms with van der Waals surface area (Å²) < 4.78 is 13.3. The molecular weight excluding hydrogens is 201 g/mol. The molecule has 0 aromatic heterocycles. The van der Waals surface area contributed by atoms with Gasteiger partial charge in [0.05, 0.1) is 0 Å². The third-order valence-corrected chi connectivity index (χ3v) is 2.58. The number of hydrogen-bond donors (Lipinski definition) is 1. The van der Waals surface area contributed by atoms with Gasteiger partial charge in [-0.1, -0.05) is 39.0 Å². The molecule has 0 amide bonds. The van der Waals surface area contributed by atoms with Crippen molar-refractivity contribution in [1.29, 1.82) is 0 Å². The van der Waals surface area contributed by atoms with Crippen molar-refractivity contribution in [2.24, 2.45) is 5.41 Å². The predicted octanol–water partition coefficient (Wildman–Crippen LogP) is 3.39. The minimum Gasteiger partial charge on any atom is -0.316 e. The third kappa shape index (κ3) is 5.26. The lowest BCUT2D eigenvalue weighted by atomic mass is 9.92. The van der Waals surface area contributed by atoms with Crippen LogP contribution in [0.3, 0.4) is 0 Å². The average Bonchev–Trinajstić information content (AvgIpc) is 2.18. The molecule has 0 spiro atoms. The van der Waals surface area contributed by atoms with E-state index in [-0.39, 0.29) is 5.82 Å². The maximum Gasteiger partial charge on any atom is 0.126 e. The van der Waals surface area contributed by atoms with Crippen molar-refractivity contribution in [2.45, 2.75) is 33.6 Å². The topological polar surface area (TPSA) is 12.0 Å². The lowest BCUT2D eigenvalue weighted by Crippen LogP contribution is -2.22. The van der Waals surface area contributed by atoms with E-state index in [1.54, 1.807) is 6.07 Å². The van der Waals surface area contributed by atoms with Gasteiger partial charge in [-0.2, -0.15) is 0 Å². The molecule has 1 rings (SSSR count). The number of nitrogens with one attached hydrogen (secondary N) is 1. The Morgan fingerprint density at radius 2 is 1.81 bits per heavy atom. The molecule has 2 heteroatoms. The van der Waals surface area contributed by atoms with Gasteiger partial charge < -0.3 is 5.32 Å². The molecule has 0 aliphatic carbocycles. The number of benzene rings is 1. The first-order valence-electron chi connectivity index (χ1n) is 5.93. The number of rotatable bonds is 5. The van der Waals surface area contributed by atoms with E-state index in [1.165, 1.54) is 6.07 Å². The SMILES string of the molecule is CC(C)(C)CCNCCc1ccccc1F. The van der Waals surface area contributed by atoms with Crippen LogP contribution in [0.1, 0.15) is 32.8 Å². The van der Waals surface area contributed by atoms with E-state index in [0.717, 1.165) is 31.5 Å². The van der Waals surface area contributed by atoms with Crippen molar-refractivity contribution >= 4 is 0 Å². The van der Waals surface area contributed by atoms with Crippen molar-refractivity contribution in [1.82, 2.24) is 5.32 Å². The van der Waals surface area contributed by atoms with Gasteiger partial charge >= 0.3 is 0 Å². The standard InChI is InChI=1S/C14H22FN/c1-14(2,3)9-11-16-10-8-12-6-4-5-7-13(12)15/h4-7,16H,8-11H2,1-3H3. The van der Waals surface area contributed by atoms with E-state index in [2.05, 4.69) is 26.1 Å². The molecule has 0 saturated heterocycles. The van der Waals surface area contributed by atoms with Gasteiger partial charge in [-0.25, -0.2) is 4.39 Å². The van der Waals surface area contributed by atoms with Crippen LogP contribution in [0.25, 0.3) is 0 Å². The minimum atomic E-state index is -0.0971. The summed E-state index contributed by atoms with van der Waals surface area (Å²) in [6, 6.07) is 6.98. The van der Waals surface area contributed by atoms with Crippen LogP contribution < -0.4 is 5.32 Å². The van der Waals surface area contributed by atoms with Crippen LogP contribution in [0.15, 0.2) is 24.3 Å². The molecule has 0 aliphatic heterocycles. The van der Waals surface area contributed by atoms with Crippen molar-refractivity contribution in [3.05, 3.63) is 35.6 Å². The predicted molar refractivity (Wildman–Crippen MR) is 67.0 cm³/mol. The second-order valence-corrected chi connectivity index (χ2v) is 5.40. The van der Waals surface area contributed by atoms with Gasteiger partial charge in [0, 0.05) is 0 Å². The van der Waals surface area contributed by atoms with Gasteiger partial charge in [-0.3, -0.25) is 0 Å². The van der Waals surface area contributed by atoms with E-state index >= 15 is 0 Å². The van der Waals surface area contributed by atoms with E-state index in [9.17, 15) is 4.39 Å². The second-order valence-electron chi connectivity index (χ2n) is 5.40. The Morgan fingerprint density at radius 1 is 1.12 bits per heavy atom. The van der Waals surface area contributed by atoms with Gasteiger partial charge in [-0.05, 0) is 43.0 Å². The maximum atomic E-state index is 13.3. The summed E-state index contributed by atoms with van der Waals surface area (Å²) in [5, 5.41) is 3.35. The third-order valence-electron chi connectivity index (χ3n) is 2.58. The first kappa shape index (κ1) is 13.2.